The van der Waals surface area contributed by atoms with E-state index in [0.29, 0.717) is 34.5 Å². The van der Waals surface area contributed by atoms with E-state index in [-0.39, 0.29) is 11.9 Å². The summed E-state index contributed by atoms with van der Waals surface area (Å²) in [7, 11) is 0. The number of rotatable bonds is 4. The SMILES string of the molecule is CCc1nc(-c2ccc3c(c2)CC[C@H]3NC(=O)c2cnc3ccc(Cl)cn23)no1. The Balaban J connectivity index is 1.39. The number of nitrogens with one attached hydrogen (secondary N) is 1. The van der Waals surface area contributed by atoms with E-state index >= 15 is 0 Å². The first-order valence-corrected chi connectivity index (χ1v) is 9.89. The van der Waals surface area contributed by atoms with Gasteiger partial charge in [-0.15, -0.1) is 0 Å². The smallest absolute Gasteiger partial charge is 0.270 e. The zero-order valence-corrected chi connectivity index (χ0v) is 16.5. The van der Waals surface area contributed by atoms with E-state index in [0.717, 1.165) is 24.0 Å². The number of hydrogen-bond donors (Lipinski definition) is 1. The lowest BCUT2D eigenvalue weighted by Gasteiger charge is -2.14. The van der Waals surface area contributed by atoms with Crippen LogP contribution < -0.4 is 5.32 Å². The molecule has 29 heavy (non-hydrogen) atoms. The minimum absolute atomic E-state index is 0.0484. The molecule has 1 amide bonds. The molecule has 1 aromatic carbocycles. The zero-order valence-electron chi connectivity index (χ0n) is 15.7. The van der Waals surface area contributed by atoms with Crippen LogP contribution in [0, 0.1) is 0 Å². The molecule has 1 N–H and O–H groups in total. The number of pyridine rings is 1. The molecule has 0 aliphatic heterocycles. The van der Waals surface area contributed by atoms with Crippen molar-refractivity contribution in [1.82, 2.24) is 24.8 Å². The van der Waals surface area contributed by atoms with Crippen LogP contribution in [0.2, 0.25) is 5.02 Å². The second-order valence-electron chi connectivity index (χ2n) is 7.06. The average molecular weight is 408 g/mol. The minimum Gasteiger partial charge on any atom is -0.344 e. The van der Waals surface area contributed by atoms with E-state index in [1.807, 2.05) is 19.1 Å². The Morgan fingerprint density at radius 2 is 2.24 bits per heavy atom. The third-order valence-electron chi connectivity index (χ3n) is 5.26. The van der Waals surface area contributed by atoms with Crippen molar-refractivity contribution >= 4 is 23.2 Å². The van der Waals surface area contributed by atoms with Crippen LogP contribution >= 0.6 is 11.6 Å². The van der Waals surface area contributed by atoms with Crippen LogP contribution in [0.1, 0.15) is 46.9 Å². The Hall–Kier alpha value is -3.19. The third-order valence-corrected chi connectivity index (χ3v) is 5.48. The van der Waals surface area contributed by atoms with Gasteiger partial charge in [-0.1, -0.05) is 35.8 Å². The van der Waals surface area contributed by atoms with Crippen molar-refractivity contribution in [2.45, 2.75) is 32.2 Å². The highest BCUT2D eigenvalue weighted by molar-refractivity contribution is 6.30. The fourth-order valence-electron chi connectivity index (χ4n) is 3.78. The maximum absolute atomic E-state index is 12.9. The number of carbonyl (C=O) groups excluding carboxylic acids is 1. The summed E-state index contributed by atoms with van der Waals surface area (Å²) in [6, 6.07) is 9.58. The van der Waals surface area contributed by atoms with Gasteiger partial charge in [0.15, 0.2) is 0 Å². The molecule has 0 radical (unpaired) electrons. The van der Waals surface area contributed by atoms with Crippen LogP contribution in [0.4, 0.5) is 0 Å². The number of carbonyl (C=O) groups is 1. The van der Waals surface area contributed by atoms with Crippen LogP contribution in [0.3, 0.4) is 0 Å². The van der Waals surface area contributed by atoms with E-state index in [4.69, 9.17) is 16.1 Å². The summed E-state index contributed by atoms with van der Waals surface area (Å²) in [5.74, 6) is 1.05. The maximum atomic E-state index is 12.9. The number of imidazole rings is 1. The molecule has 1 aliphatic rings. The Labute approximate surface area is 171 Å². The van der Waals surface area contributed by atoms with Gasteiger partial charge < -0.3 is 9.84 Å². The van der Waals surface area contributed by atoms with Crippen molar-refractivity contribution < 1.29 is 9.32 Å². The molecule has 3 aromatic heterocycles. The first kappa shape index (κ1) is 17.9. The van der Waals surface area contributed by atoms with Gasteiger partial charge in [0.05, 0.1) is 17.3 Å². The highest BCUT2D eigenvalue weighted by Gasteiger charge is 2.26. The number of fused-ring (bicyclic) bond motifs is 2. The minimum atomic E-state index is -0.174. The molecule has 0 saturated carbocycles. The lowest BCUT2D eigenvalue weighted by molar-refractivity contribution is 0.0931. The van der Waals surface area contributed by atoms with Crippen molar-refractivity contribution in [3.05, 3.63) is 70.5 Å². The van der Waals surface area contributed by atoms with Gasteiger partial charge in [0, 0.05) is 18.2 Å². The van der Waals surface area contributed by atoms with E-state index in [9.17, 15) is 4.79 Å². The molecule has 0 bridgehead atoms. The van der Waals surface area contributed by atoms with Crippen LogP contribution in [-0.2, 0) is 12.8 Å². The molecule has 5 rings (SSSR count). The molecular formula is C21H18ClN5O2. The number of benzene rings is 1. The maximum Gasteiger partial charge on any atom is 0.270 e. The number of aryl methyl sites for hydroxylation is 2. The molecule has 0 saturated heterocycles. The first-order valence-electron chi connectivity index (χ1n) is 9.51. The fourth-order valence-corrected chi connectivity index (χ4v) is 3.94. The van der Waals surface area contributed by atoms with Gasteiger partial charge in [-0.05, 0) is 42.2 Å². The Kier molecular flexibility index (Phi) is 4.32. The second-order valence-corrected chi connectivity index (χ2v) is 7.50. The molecule has 1 aliphatic carbocycles. The Morgan fingerprint density at radius 1 is 1.34 bits per heavy atom. The molecule has 7 nitrogen and oxygen atoms in total. The lowest BCUT2D eigenvalue weighted by Crippen LogP contribution is -2.28. The van der Waals surface area contributed by atoms with E-state index in [1.165, 1.54) is 5.56 Å². The monoisotopic (exact) mass is 407 g/mol. The summed E-state index contributed by atoms with van der Waals surface area (Å²) in [5.41, 5.74) is 4.38. The Morgan fingerprint density at radius 3 is 3.07 bits per heavy atom. The van der Waals surface area contributed by atoms with Gasteiger partial charge in [0.1, 0.15) is 11.3 Å². The van der Waals surface area contributed by atoms with Crippen LogP contribution in [0.25, 0.3) is 17.0 Å². The van der Waals surface area contributed by atoms with Gasteiger partial charge >= 0.3 is 0 Å². The fraction of sp³-hybridized carbons (Fsp3) is 0.238. The number of halogens is 1. The van der Waals surface area contributed by atoms with E-state index in [1.54, 1.807) is 28.9 Å². The van der Waals surface area contributed by atoms with Crippen molar-refractivity contribution in [2.75, 3.05) is 0 Å². The molecular weight excluding hydrogens is 390 g/mol. The molecule has 146 valence electrons. The topological polar surface area (TPSA) is 85.3 Å². The molecule has 3 heterocycles. The van der Waals surface area contributed by atoms with Crippen LogP contribution in [-0.4, -0.2) is 25.4 Å². The lowest BCUT2D eigenvalue weighted by atomic mass is 10.0. The normalized spacial score (nSPS) is 15.6. The van der Waals surface area contributed by atoms with Crippen molar-refractivity contribution in [3.8, 4) is 11.4 Å². The van der Waals surface area contributed by atoms with Crippen molar-refractivity contribution in [1.29, 1.82) is 0 Å². The molecule has 1 atom stereocenters. The first-order chi connectivity index (χ1) is 14.1. The standard InChI is InChI=1S/C21H18ClN5O2/c1-2-19-25-20(26-29-19)13-3-6-15-12(9-13)4-7-16(15)24-21(28)17-10-23-18-8-5-14(22)11-27(17)18/h3,5-6,8-11,16H,2,4,7H2,1H3,(H,24,28)/t16-/m1/s1. The Bertz CT molecular complexity index is 1230. The van der Waals surface area contributed by atoms with Gasteiger partial charge in [-0.25, -0.2) is 4.98 Å². The van der Waals surface area contributed by atoms with E-state index in [2.05, 4.69) is 26.5 Å². The molecule has 8 heteroatoms. The predicted octanol–water partition coefficient (Wildman–Crippen LogP) is 4.02. The summed E-state index contributed by atoms with van der Waals surface area (Å²) >= 11 is 6.07. The van der Waals surface area contributed by atoms with E-state index < -0.39 is 0 Å². The summed E-state index contributed by atoms with van der Waals surface area (Å²) < 4.78 is 6.92. The summed E-state index contributed by atoms with van der Waals surface area (Å²) in [6.07, 6.45) is 5.70. The second kappa shape index (κ2) is 7.00. The average Bonchev–Trinajstić information content (AvgIpc) is 3.45. The number of amides is 1. The quantitative estimate of drug-likeness (QED) is 0.552. The highest BCUT2D eigenvalue weighted by atomic mass is 35.5. The molecule has 0 fully saturated rings. The largest absolute Gasteiger partial charge is 0.344 e. The molecule has 4 aromatic rings. The van der Waals surface area contributed by atoms with Crippen molar-refractivity contribution in [3.63, 3.8) is 0 Å². The third kappa shape index (κ3) is 3.17. The van der Waals surface area contributed by atoms with Gasteiger partial charge in [-0.2, -0.15) is 4.98 Å². The predicted molar refractivity (Wildman–Crippen MR) is 108 cm³/mol. The number of nitrogens with zero attached hydrogens (tertiary/aromatic N) is 4. The van der Waals surface area contributed by atoms with Gasteiger partial charge in [0.25, 0.3) is 5.91 Å². The van der Waals surface area contributed by atoms with Crippen LogP contribution in [0.5, 0.6) is 0 Å². The summed E-state index contributed by atoms with van der Waals surface area (Å²) in [5, 5.41) is 7.72. The number of hydrogen-bond acceptors (Lipinski definition) is 5. The molecule has 0 spiro atoms. The van der Waals surface area contributed by atoms with Gasteiger partial charge in [-0.3, -0.25) is 9.20 Å². The number of aromatic nitrogens is 4. The van der Waals surface area contributed by atoms with Crippen molar-refractivity contribution in [2.24, 2.45) is 0 Å². The zero-order chi connectivity index (χ0) is 20.0. The van der Waals surface area contributed by atoms with Crippen LogP contribution in [0.15, 0.2) is 47.2 Å². The summed E-state index contributed by atoms with van der Waals surface area (Å²) in [4.78, 5) is 21.5. The van der Waals surface area contributed by atoms with Gasteiger partial charge in [0.2, 0.25) is 11.7 Å². The molecule has 0 unspecified atom stereocenters. The summed E-state index contributed by atoms with van der Waals surface area (Å²) in [6.45, 7) is 1.98. The highest BCUT2D eigenvalue weighted by Crippen LogP contribution is 2.34.